The van der Waals surface area contributed by atoms with E-state index in [1.165, 1.54) is 0 Å². The van der Waals surface area contributed by atoms with Crippen LogP contribution in [-0.2, 0) is 6.54 Å². The molecule has 9 nitrogen and oxygen atoms in total. The molecule has 1 aromatic carbocycles. The number of nitriles is 2. The number of fused-ring (bicyclic) bond motifs is 2. The Hall–Kier alpha value is -4.63. The van der Waals surface area contributed by atoms with E-state index in [4.69, 9.17) is 10.2 Å². The van der Waals surface area contributed by atoms with Crippen LogP contribution in [0.15, 0.2) is 47.1 Å². The molecule has 4 heterocycles. The van der Waals surface area contributed by atoms with E-state index in [1.54, 1.807) is 16.9 Å². The second-order valence-electron chi connectivity index (χ2n) is 6.34. The molecule has 29 heavy (non-hydrogen) atoms. The van der Waals surface area contributed by atoms with Gasteiger partial charge in [-0.2, -0.15) is 10.5 Å². The number of hydrogen-bond acceptors (Lipinski definition) is 7. The third-order valence-corrected chi connectivity index (χ3v) is 4.65. The lowest BCUT2D eigenvalue weighted by Crippen LogP contribution is -2.05. The molecule has 138 valence electrons. The monoisotopic (exact) mass is 380 g/mol. The van der Waals surface area contributed by atoms with Crippen molar-refractivity contribution >= 4 is 28.0 Å². The van der Waals surface area contributed by atoms with Gasteiger partial charge in [0, 0.05) is 0 Å². The summed E-state index contributed by atoms with van der Waals surface area (Å²) >= 11 is 0. The number of anilines is 1. The van der Waals surface area contributed by atoms with E-state index in [1.807, 2.05) is 42.5 Å². The van der Waals surface area contributed by atoms with Crippen LogP contribution < -0.4 is 5.73 Å². The first kappa shape index (κ1) is 16.5. The first-order valence-corrected chi connectivity index (χ1v) is 8.67. The van der Waals surface area contributed by atoms with E-state index >= 15 is 0 Å². The van der Waals surface area contributed by atoms with Gasteiger partial charge >= 0.3 is 0 Å². The van der Waals surface area contributed by atoms with Crippen molar-refractivity contribution in [3.8, 4) is 23.5 Å². The van der Waals surface area contributed by atoms with Crippen LogP contribution >= 0.6 is 0 Å². The molecule has 0 saturated heterocycles. The second kappa shape index (κ2) is 6.22. The molecule has 3 N–H and O–H groups in total. The molecule has 0 aliphatic carbocycles. The zero-order valence-electron chi connectivity index (χ0n) is 14.9. The van der Waals surface area contributed by atoms with Crippen molar-refractivity contribution in [3.63, 3.8) is 0 Å². The van der Waals surface area contributed by atoms with Crippen molar-refractivity contribution in [2.45, 2.75) is 6.54 Å². The van der Waals surface area contributed by atoms with Gasteiger partial charge in [0.2, 0.25) is 0 Å². The number of furan rings is 1. The Morgan fingerprint density at radius 2 is 1.83 bits per heavy atom. The minimum absolute atomic E-state index is 0.0608. The highest BCUT2D eigenvalue weighted by Crippen LogP contribution is 2.35. The predicted molar refractivity (Wildman–Crippen MR) is 104 cm³/mol. The molecule has 9 heteroatoms. The summed E-state index contributed by atoms with van der Waals surface area (Å²) in [6.45, 7) is 0.293. The summed E-state index contributed by atoms with van der Waals surface area (Å²) in [7, 11) is 0. The molecular weight excluding hydrogens is 368 g/mol. The molecule has 0 bridgehead atoms. The van der Waals surface area contributed by atoms with Gasteiger partial charge in [0.25, 0.3) is 0 Å². The maximum absolute atomic E-state index is 9.39. The summed E-state index contributed by atoms with van der Waals surface area (Å²) in [5, 5.41) is 18.8. The largest absolute Gasteiger partial charge is 0.467 e. The molecule has 0 radical (unpaired) electrons. The van der Waals surface area contributed by atoms with Crippen molar-refractivity contribution < 1.29 is 4.42 Å². The number of aromatic nitrogens is 5. The third kappa shape index (κ3) is 2.50. The molecule has 0 spiro atoms. The highest BCUT2D eigenvalue weighted by molar-refractivity contribution is 5.98. The van der Waals surface area contributed by atoms with Gasteiger partial charge in [0.1, 0.15) is 35.1 Å². The highest BCUT2D eigenvalue weighted by Gasteiger charge is 2.24. The molecule has 0 aliphatic rings. The second-order valence-corrected chi connectivity index (χ2v) is 6.34. The number of nitrogen functional groups attached to an aromatic ring is 1. The highest BCUT2D eigenvalue weighted by atomic mass is 16.3. The Morgan fingerprint density at radius 1 is 1.03 bits per heavy atom. The van der Waals surface area contributed by atoms with E-state index in [-0.39, 0.29) is 11.4 Å². The molecular formula is C20H12N8O. The lowest BCUT2D eigenvalue weighted by Gasteiger charge is -2.05. The molecule has 0 atom stereocenters. The van der Waals surface area contributed by atoms with E-state index in [0.717, 1.165) is 11.0 Å². The number of H-pyrrole nitrogens is 1. The van der Waals surface area contributed by atoms with E-state index < -0.39 is 0 Å². The van der Waals surface area contributed by atoms with Gasteiger partial charge in [-0.3, -0.25) is 0 Å². The van der Waals surface area contributed by atoms with Crippen LogP contribution in [-0.4, -0.2) is 24.5 Å². The fourth-order valence-electron chi connectivity index (χ4n) is 3.33. The summed E-state index contributed by atoms with van der Waals surface area (Å²) < 4.78 is 7.14. The molecule has 5 rings (SSSR count). The van der Waals surface area contributed by atoms with Gasteiger partial charge in [-0.1, -0.05) is 12.1 Å². The fourth-order valence-corrected chi connectivity index (χ4v) is 3.33. The molecule has 4 aromatic heterocycles. The lowest BCUT2D eigenvalue weighted by molar-refractivity contribution is 0.497. The Bertz CT molecular complexity index is 1430. The lowest BCUT2D eigenvalue weighted by atomic mass is 10.2. The van der Waals surface area contributed by atoms with Gasteiger partial charge in [0.05, 0.1) is 29.4 Å². The molecule has 0 amide bonds. The maximum atomic E-state index is 9.39. The standard InChI is InChI=1S/C20H12N8O/c21-8-14-15(9-22)27-20-17(24-14)16(18(23)28(20)10-11-4-3-7-29-11)19-25-12-5-1-2-6-13(12)26-19/h1-7H,10,23H2,(H,25,26). The Kier molecular flexibility index (Phi) is 3.55. The van der Waals surface area contributed by atoms with Crippen LogP contribution in [0.4, 0.5) is 5.82 Å². The van der Waals surface area contributed by atoms with E-state index in [9.17, 15) is 10.5 Å². The summed E-state index contributed by atoms with van der Waals surface area (Å²) in [4.78, 5) is 16.6. The normalized spacial score (nSPS) is 11.0. The summed E-state index contributed by atoms with van der Waals surface area (Å²) in [5.41, 5.74) is 9.28. The molecule has 0 saturated carbocycles. The summed E-state index contributed by atoms with van der Waals surface area (Å²) in [5.74, 6) is 1.53. The number of benzene rings is 1. The van der Waals surface area contributed by atoms with Crippen molar-refractivity contribution in [1.82, 2.24) is 24.5 Å². The molecule has 0 aliphatic heterocycles. The van der Waals surface area contributed by atoms with Crippen molar-refractivity contribution in [3.05, 3.63) is 59.8 Å². The van der Waals surface area contributed by atoms with Crippen molar-refractivity contribution in [2.75, 3.05) is 5.73 Å². The third-order valence-electron chi connectivity index (χ3n) is 4.65. The number of nitrogens with zero attached hydrogens (tertiary/aromatic N) is 6. The van der Waals surface area contributed by atoms with E-state index in [2.05, 4.69) is 19.9 Å². The van der Waals surface area contributed by atoms with Crippen LogP contribution in [0.25, 0.3) is 33.6 Å². The number of para-hydroxylation sites is 2. The Morgan fingerprint density at radius 3 is 2.55 bits per heavy atom. The van der Waals surface area contributed by atoms with Gasteiger partial charge < -0.3 is 19.7 Å². The SMILES string of the molecule is N#Cc1nc2c(-c3nc4ccccc4[nH]3)c(N)n(Cc3ccco3)c2nc1C#N. The van der Waals surface area contributed by atoms with Crippen molar-refractivity contribution in [1.29, 1.82) is 10.5 Å². The average Bonchev–Trinajstić information content (AvgIpc) is 3.45. The Balaban J connectivity index is 1.84. The van der Waals surface area contributed by atoms with Gasteiger partial charge in [0.15, 0.2) is 17.0 Å². The first-order chi connectivity index (χ1) is 14.2. The number of nitrogens with two attached hydrogens (primary N) is 1. The van der Waals surface area contributed by atoms with Crippen molar-refractivity contribution in [2.24, 2.45) is 0 Å². The minimum atomic E-state index is -0.0625. The van der Waals surface area contributed by atoms with Crippen LogP contribution in [0.2, 0.25) is 0 Å². The first-order valence-electron chi connectivity index (χ1n) is 8.67. The smallest absolute Gasteiger partial charge is 0.179 e. The Labute approximate surface area is 163 Å². The fraction of sp³-hybridized carbons (Fsp3) is 0.0500. The summed E-state index contributed by atoms with van der Waals surface area (Å²) in [6, 6.07) is 15.0. The number of aromatic amines is 1. The topological polar surface area (TPSA) is 146 Å². The van der Waals surface area contributed by atoms with Gasteiger partial charge in [-0.15, -0.1) is 0 Å². The molecule has 0 unspecified atom stereocenters. The summed E-state index contributed by atoms with van der Waals surface area (Å²) in [6.07, 6.45) is 1.57. The van der Waals surface area contributed by atoms with Crippen LogP contribution in [0.3, 0.4) is 0 Å². The number of rotatable bonds is 3. The van der Waals surface area contributed by atoms with Crippen LogP contribution in [0, 0.1) is 22.7 Å². The predicted octanol–water partition coefficient (Wildman–Crippen LogP) is 2.94. The molecule has 0 fully saturated rings. The molecule has 5 aromatic rings. The van der Waals surface area contributed by atoms with Crippen LogP contribution in [0.5, 0.6) is 0 Å². The zero-order chi connectivity index (χ0) is 20.0. The van der Waals surface area contributed by atoms with Gasteiger partial charge in [-0.05, 0) is 24.3 Å². The van der Waals surface area contributed by atoms with Gasteiger partial charge in [-0.25, -0.2) is 15.0 Å². The zero-order valence-corrected chi connectivity index (χ0v) is 14.9. The average molecular weight is 380 g/mol. The maximum Gasteiger partial charge on any atom is 0.179 e. The van der Waals surface area contributed by atoms with Crippen LogP contribution in [0.1, 0.15) is 17.1 Å². The number of nitrogens with one attached hydrogen (secondary N) is 1. The number of imidazole rings is 1. The number of hydrogen-bond donors (Lipinski definition) is 2. The van der Waals surface area contributed by atoms with E-state index in [0.29, 0.717) is 40.7 Å². The minimum Gasteiger partial charge on any atom is -0.467 e. The quantitative estimate of drug-likeness (QED) is 0.489.